The summed E-state index contributed by atoms with van der Waals surface area (Å²) in [5.41, 5.74) is 1.27. The highest BCUT2D eigenvalue weighted by Crippen LogP contribution is 2.20. The van der Waals surface area contributed by atoms with Gasteiger partial charge in [-0.25, -0.2) is 4.79 Å². The second kappa shape index (κ2) is 8.16. The maximum Gasteiger partial charge on any atom is 0.416 e. The van der Waals surface area contributed by atoms with Crippen molar-refractivity contribution in [2.45, 2.75) is 38.8 Å². The Morgan fingerprint density at radius 2 is 2.04 bits per heavy atom. The summed E-state index contributed by atoms with van der Waals surface area (Å²) in [5, 5.41) is 11.5. The summed E-state index contributed by atoms with van der Waals surface area (Å²) in [7, 11) is 1.18. The summed E-state index contributed by atoms with van der Waals surface area (Å²) in [6.45, 7) is 3.31. The molecule has 5 nitrogen and oxygen atoms in total. The van der Waals surface area contributed by atoms with E-state index in [1.807, 2.05) is 19.9 Å². The van der Waals surface area contributed by atoms with Crippen LogP contribution in [0, 0.1) is 0 Å². The van der Waals surface area contributed by atoms with Gasteiger partial charge in [-0.1, -0.05) is 12.1 Å². The van der Waals surface area contributed by atoms with Crippen LogP contribution in [-0.2, 0) is 11.3 Å². The van der Waals surface area contributed by atoms with Gasteiger partial charge in [0, 0.05) is 12.7 Å². The van der Waals surface area contributed by atoms with Crippen LogP contribution in [-0.4, -0.2) is 48.0 Å². The Kier molecular flexibility index (Phi) is 6.83. The number of anilines is 1. The van der Waals surface area contributed by atoms with E-state index in [1.54, 1.807) is 18.2 Å². The fraction of sp³-hybridized carbons (Fsp3) is 0.533. The summed E-state index contributed by atoms with van der Waals surface area (Å²) in [6.07, 6.45) is -7.28. The minimum absolute atomic E-state index is 0.0586. The largest absolute Gasteiger partial charge is 0.416 e. The third-order valence-corrected chi connectivity index (χ3v) is 2.93. The standard InChI is InChI=1S/C15H21F3N2O3/c1-10(2)23-9-11-5-4-6-12(7-11)19-14(22)20(3)8-13(21)15(16,17)18/h4-7,10,13,21H,8-9H2,1-3H3,(H,19,22). The van der Waals surface area contributed by atoms with E-state index in [4.69, 9.17) is 9.84 Å². The number of hydrogen-bond donors (Lipinski definition) is 2. The van der Waals surface area contributed by atoms with Crippen molar-refractivity contribution in [2.24, 2.45) is 0 Å². The van der Waals surface area contributed by atoms with E-state index < -0.39 is 24.9 Å². The number of carbonyl (C=O) groups excluding carboxylic acids is 1. The molecule has 0 bridgehead atoms. The van der Waals surface area contributed by atoms with Crippen molar-refractivity contribution in [3.63, 3.8) is 0 Å². The number of nitrogens with zero attached hydrogens (tertiary/aromatic N) is 1. The Bertz CT molecular complexity index is 521. The van der Waals surface area contributed by atoms with Crippen LogP contribution in [0.15, 0.2) is 24.3 Å². The molecule has 0 aliphatic carbocycles. The van der Waals surface area contributed by atoms with Crippen molar-refractivity contribution >= 4 is 11.7 Å². The number of urea groups is 1. The number of likely N-dealkylation sites (N-methyl/N-ethyl adjacent to an activating group) is 1. The van der Waals surface area contributed by atoms with Gasteiger partial charge in [-0.3, -0.25) is 0 Å². The lowest BCUT2D eigenvalue weighted by atomic mass is 10.2. The van der Waals surface area contributed by atoms with Crippen LogP contribution in [0.25, 0.3) is 0 Å². The number of carbonyl (C=O) groups is 1. The van der Waals surface area contributed by atoms with Crippen molar-refractivity contribution in [1.82, 2.24) is 4.90 Å². The fourth-order valence-electron chi connectivity index (χ4n) is 1.67. The van der Waals surface area contributed by atoms with Gasteiger partial charge in [0.05, 0.1) is 19.3 Å². The second-order valence-corrected chi connectivity index (χ2v) is 5.43. The molecule has 0 heterocycles. The van der Waals surface area contributed by atoms with Crippen LogP contribution >= 0.6 is 0 Å². The van der Waals surface area contributed by atoms with Crippen molar-refractivity contribution in [3.05, 3.63) is 29.8 Å². The van der Waals surface area contributed by atoms with Crippen LogP contribution < -0.4 is 5.32 Å². The number of aliphatic hydroxyl groups is 1. The number of nitrogens with one attached hydrogen (secondary N) is 1. The second-order valence-electron chi connectivity index (χ2n) is 5.43. The lowest BCUT2D eigenvalue weighted by Crippen LogP contribution is -2.43. The highest BCUT2D eigenvalue weighted by molar-refractivity contribution is 5.89. The third kappa shape index (κ3) is 6.87. The molecule has 0 fully saturated rings. The van der Waals surface area contributed by atoms with Crippen LogP contribution in [0.5, 0.6) is 0 Å². The van der Waals surface area contributed by atoms with Gasteiger partial charge in [0.2, 0.25) is 0 Å². The Labute approximate surface area is 133 Å². The lowest BCUT2D eigenvalue weighted by Gasteiger charge is -2.22. The number of rotatable bonds is 6. The molecule has 1 atom stereocenters. The minimum Gasteiger partial charge on any atom is -0.382 e. The van der Waals surface area contributed by atoms with Gasteiger partial charge in [-0.15, -0.1) is 0 Å². The molecule has 2 amide bonds. The first-order valence-electron chi connectivity index (χ1n) is 7.07. The molecule has 0 saturated heterocycles. The molecule has 0 saturated carbocycles. The van der Waals surface area contributed by atoms with Gasteiger partial charge in [0.25, 0.3) is 0 Å². The minimum atomic E-state index is -4.76. The molecule has 0 spiro atoms. The zero-order valence-electron chi connectivity index (χ0n) is 13.2. The molecule has 2 N–H and O–H groups in total. The van der Waals surface area contributed by atoms with E-state index in [9.17, 15) is 18.0 Å². The van der Waals surface area contributed by atoms with Crippen LogP contribution in [0.4, 0.5) is 23.7 Å². The van der Waals surface area contributed by atoms with Gasteiger partial charge < -0.3 is 20.1 Å². The Morgan fingerprint density at radius 3 is 2.61 bits per heavy atom. The number of halogens is 3. The number of alkyl halides is 3. The average molecular weight is 334 g/mol. The third-order valence-electron chi connectivity index (χ3n) is 2.93. The van der Waals surface area contributed by atoms with Crippen molar-refractivity contribution < 1.29 is 27.8 Å². The predicted molar refractivity (Wildman–Crippen MR) is 80.1 cm³/mol. The molecular formula is C15H21F3N2O3. The predicted octanol–water partition coefficient (Wildman–Crippen LogP) is 3.00. The molecule has 23 heavy (non-hydrogen) atoms. The lowest BCUT2D eigenvalue weighted by molar-refractivity contribution is -0.205. The maximum atomic E-state index is 12.3. The first kappa shape index (κ1) is 19.2. The highest BCUT2D eigenvalue weighted by Gasteiger charge is 2.39. The summed E-state index contributed by atoms with van der Waals surface area (Å²) in [5.74, 6) is 0. The van der Waals surface area contributed by atoms with Crippen molar-refractivity contribution in [1.29, 1.82) is 0 Å². The molecule has 1 unspecified atom stereocenters. The molecule has 0 radical (unpaired) electrons. The number of hydrogen-bond acceptors (Lipinski definition) is 3. The van der Waals surface area contributed by atoms with Gasteiger partial charge >= 0.3 is 12.2 Å². The number of aliphatic hydroxyl groups excluding tert-OH is 1. The van der Waals surface area contributed by atoms with E-state index in [1.165, 1.54) is 7.05 Å². The van der Waals surface area contributed by atoms with Gasteiger partial charge in [0.1, 0.15) is 0 Å². The Hall–Kier alpha value is -1.80. The number of ether oxygens (including phenoxy) is 1. The smallest absolute Gasteiger partial charge is 0.382 e. The fourth-order valence-corrected chi connectivity index (χ4v) is 1.67. The Morgan fingerprint density at radius 1 is 1.39 bits per heavy atom. The van der Waals surface area contributed by atoms with Crippen LogP contribution in [0.1, 0.15) is 19.4 Å². The quantitative estimate of drug-likeness (QED) is 0.841. The van der Waals surface area contributed by atoms with Crippen LogP contribution in [0.3, 0.4) is 0 Å². The number of benzene rings is 1. The molecule has 1 aromatic carbocycles. The molecule has 0 aromatic heterocycles. The van der Waals surface area contributed by atoms with Gasteiger partial charge in [-0.2, -0.15) is 13.2 Å². The normalized spacial score (nSPS) is 13.0. The maximum absolute atomic E-state index is 12.3. The molecular weight excluding hydrogens is 313 g/mol. The summed E-state index contributed by atoms with van der Waals surface area (Å²) in [6, 6.07) is 6.07. The SMILES string of the molecule is CC(C)OCc1cccc(NC(=O)N(C)CC(O)C(F)(F)F)c1. The summed E-state index contributed by atoms with van der Waals surface area (Å²) < 4.78 is 42.3. The molecule has 0 aliphatic heterocycles. The van der Waals surface area contributed by atoms with E-state index in [0.29, 0.717) is 12.3 Å². The topological polar surface area (TPSA) is 61.8 Å². The monoisotopic (exact) mass is 334 g/mol. The summed E-state index contributed by atoms with van der Waals surface area (Å²) >= 11 is 0. The van der Waals surface area contributed by atoms with E-state index in [2.05, 4.69) is 5.32 Å². The molecule has 1 aromatic rings. The zero-order chi connectivity index (χ0) is 17.6. The Balaban J connectivity index is 2.61. The van der Waals surface area contributed by atoms with E-state index in [-0.39, 0.29) is 6.10 Å². The molecule has 130 valence electrons. The van der Waals surface area contributed by atoms with E-state index >= 15 is 0 Å². The first-order valence-corrected chi connectivity index (χ1v) is 7.07. The average Bonchev–Trinajstić information content (AvgIpc) is 2.44. The highest BCUT2D eigenvalue weighted by atomic mass is 19.4. The summed E-state index contributed by atoms with van der Waals surface area (Å²) in [4.78, 5) is 12.6. The molecule has 0 aliphatic rings. The molecule has 8 heteroatoms. The zero-order valence-corrected chi connectivity index (χ0v) is 13.2. The van der Waals surface area contributed by atoms with Crippen LogP contribution in [0.2, 0.25) is 0 Å². The van der Waals surface area contributed by atoms with Gasteiger partial charge in [-0.05, 0) is 31.5 Å². The van der Waals surface area contributed by atoms with Gasteiger partial charge in [0.15, 0.2) is 6.10 Å². The van der Waals surface area contributed by atoms with Crippen molar-refractivity contribution in [3.8, 4) is 0 Å². The number of amides is 2. The van der Waals surface area contributed by atoms with E-state index in [0.717, 1.165) is 10.5 Å². The first-order chi connectivity index (χ1) is 10.6. The molecule has 1 rings (SSSR count). The van der Waals surface area contributed by atoms with Crippen molar-refractivity contribution in [2.75, 3.05) is 18.9 Å².